The van der Waals surface area contributed by atoms with Gasteiger partial charge in [-0.15, -0.1) is 10.2 Å². The molecule has 3 aliphatic rings. The second-order valence-electron chi connectivity index (χ2n) is 25.7. The summed E-state index contributed by atoms with van der Waals surface area (Å²) >= 11 is 18.5. The van der Waals surface area contributed by atoms with E-state index < -0.39 is 89.3 Å². The second kappa shape index (κ2) is 43.9. The number of ether oxygens (including phenoxy) is 6. The van der Waals surface area contributed by atoms with Crippen molar-refractivity contribution in [2.24, 2.45) is 0 Å². The number of tetrazole rings is 2. The van der Waals surface area contributed by atoms with Gasteiger partial charge in [0.25, 0.3) is 5.91 Å². The summed E-state index contributed by atoms with van der Waals surface area (Å²) in [6.07, 6.45) is 2.20. The standard InChI is InChI=1S/C21H21ClN6O3.C17H22ClN7O3.C11H21BrN2O4.C11H20N2O4.C6H11BrO3/c22-16-8-9-17(28-13-24-25-26-28)15(11-16)12-23-20(30)18-7-4-10-27(18)21(31)19(29)14-5-2-1-3-6-14;1-17(2,3)28-16(27)24-7-6-13(21-24)15(26)19-9-11-8-12(18)4-5-14(11)25-10-20-22-23-25;1-5-17-9(15)8(6-7-12)13-14-10(16)18-11(2,3)4;1-5-16-9(14)8-6-7-13(12-8)10(15)17-11(2,3)4;1-2-10-6(9)5(8)3-4-7/h1-3,5-6,8-9,11,13,18-19,29H,4,7,10,12H2,(H,23,30);4-5,8,10,13,21H,6-7,9H2,1-3H3,(H,19,26);8,13H,5-7H2,1-4H3,(H,14,16);8,12H,5-7H2,1-4H3;5,8H,2-4H2,1H3/t18-,19+;13-;2*8-;5-/m00001/s1. The zero-order chi connectivity index (χ0) is 77.3. The molecule has 0 spiro atoms. The minimum Gasteiger partial charge on any atom is -0.465 e. The van der Waals surface area contributed by atoms with Crippen LogP contribution in [0, 0.1) is 0 Å². The number of amides is 6. The van der Waals surface area contributed by atoms with Crippen LogP contribution in [0.25, 0.3) is 11.4 Å². The molecule has 0 bridgehead atoms. The molecule has 5 aromatic rings. The first-order valence-electron chi connectivity index (χ1n) is 33.3. The fourth-order valence-corrected chi connectivity index (χ4v) is 10.7. The van der Waals surface area contributed by atoms with Gasteiger partial charge in [-0.05, 0) is 196 Å². The number of rotatable bonds is 22. The van der Waals surface area contributed by atoms with E-state index in [2.05, 4.69) is 100.0 Å². The third-order valence-corrected chi connectivity index (χ3v) is 15.4. The predicted octanol–water partition coefficient (Wildman–Crippen LogP) is 6.59. The summed E-state index contributed by atoms with van der Waals surface area (Å²) in [4.78, 5) is 108. The summed E-state index contributed by atoms with van der Waals surface area (Å²) in [7, 11) is 0. The molecule has 3 fully saturated rings. The molecule has 104 heavy (non-hydrogen) atoms. The molecule has 6 amide bonds. The van der Waals surface area contributed by atoms with Crippen molar-refractivity contribution in [3.63, 3.8) is 0 Å². The molecule has 38 heteroatoms. The lowest BCUT2D eigenvalue weighted by atomic mass is 10.1. The number of nitrogens with one attached hydrogen (secondary N) is 6. The molecular weight excluding hydrogens is 1530 g/mol. The van der Waals surface area contributed by atoms with Gasteiger partial charge in [0.05, 0.1) is 31.2 Å². The first-order valence-corrected chi connectivity index (χ1v) is 36.3. The minimum atomic E-state index is -1.30. The summed E-state index contributed by atoms with van der Waals surface area (Å²) in [5.41, 5.74) is 12.3. The lowest BCUT2D eigenvalue weighted by molar-refractivity contribution is -0.153. The third kappa shape index (κ3) is 31.2. The number of carbonyl (C=O) groups is 9. The average molecular weight is 1630 g/mol. The molecule has 6 atom stereocenters. The Labute approximate surface area is 630 Å². The van der Waals surface area contributed by atoms with Crippen LogP contribution < -0.4 is 32.3 Å². The number of aliphatic hydroxyl groups excluding tert-OH is 2. The maximum atomic E-state index is 12.9. The van der Waals surface area contributed by atoms with Crippen LogP contribution in [-0.4, -0.2) is 217 Å². The highest BCUT2D eigenvalue weighted by Gasteiger charge is 2.38. The minimum absolute atomic E-state index is 0.189. The number of likely N-dealkylation sites (tertiary alicyclic amines) is 1. The number of halogens is 4. The van der Waals surface area contributed by atoms with Gasteiger partial charge in [-0.1, -0.05) is 85.4 Å². The van der Waals surface area contributed by atoms with Crippen molar-refractivity contribution in [1.29, 1.82) is 0 Å². The summed E-state index contributed by atoms with van der Waals surface area (Å²) < 4.78 is 32.8. The van der Waals surface area contributed by atoms with Crippen molar-refractivity contribution in [2.75, 3.05) is 50.1 Å². The number of alkyl halides is 2. The van der Waals surface area contributed by atoms with Gasteiger partial charge in [0.1, 0.15) is 53.6 Å². The molecule has 8 N–H and O–H groups in total. The fourth-order valence-electron chi connectivity index (χ4n) is 9.41. The molecule has 3 saturated heterocycles. The zero-order valence-corrected chi connectivity index (χ0v) is 64.9. The van der Waals surface area contributed by atoms with E-state index in [1.807, 2.05) is 6.07 Å². The molecular formula is C66H95Br2Cl2N17O17. The maximum absolute atomic E-state index is 12.9. The SMILES string of the molecule is CC(C)(C)OC(=O)N1CC[C@@H](C(=O)NCc2cc(Cl)ccc2-n2cnnn2)N1.CCOC(=O)[C@@H]1CCN(C(=O)OC(C)(C)C)N1.CCOC(=O)[C@H](CCBr)NNC(=O)OC(C)(C)C.CCOC(=O)[C@H](O)CCBr.O=C(NCc1cc(Cl)ccc1-n1cnnn1)[C@@H]1CCCN1C(=O)[C@H](O)c1ccccc1. The predicted molar refractivity (Wildman–Crippen MR) is 386 cm³/mol. The molecule has 5 heterocycles. The lowest BCUT2D eigenvalue weighted by Crippen LogP contribution is -2.50. The molecule has 2 aromatic heterocycles. The number of hydrogen-bond donors (Lipinski definition) is 8. The first kappa shape index (κ1) is 88.2. The van der Waals surface area contributed by atoms with Gasteiger partial charge in [-0.25, -0.2) is 54.8 Å². The smallest absolute Gasteiger partial charge is 0.424 e. The number of aromatic nitrogens is 8. The number of hydrogen-bond acceptors (Lipinski definition) is 26. The van der Waals surface area contributed by atoms with Crippen molar-refractivity contribution < 1.29 is 81.8 Å². The number of benzene rings is 3. The van der Waals surface area contributed by atoms with Crippen LogP contribution in [0.1, 0.15) is 144 Å². The Morgan fingerprint density at radius 1 is 0.606 bits per heavy atom. The van der Waals surface area contributed by atoms with Gasteiger partial charge in [0, 0.05) is 53.4 Å². The number of nitrogens with zero attached hydrogens (tertiary/aromatic N) is 11. The van der Waals surface area contributed by atoms with Gasteiger partial charge in [0.15, 0.2) is 12.2 Å². The van der Waals surface area contributed by atoms with Crippen LogP contribution in [0.5, 0.6) is 0 Å². The Hall–Kier alpha value is -8.23. The Morgan fingerprint density at radius 3 is 1.56 bits per heavy atom. The zero-order valence-electron chi connectivity index (χ0n) is 60.2. The van der Waals surface area contributed by atoms with E-state index >= 15 is 0 Å². The number of aliphatic hydroxyl groups is 2. The molecule has 0 unspecified atom stereocenters. The van der Waals surface area contributed by atoms with Crippen LogP contribution in [-0.2, 0) is 70.3 Å². The van der Waals surface area contributed by atoms with Crippen molar-refractivity contribution in [1.82, 2.24) is 87.7 Å². The van der Waals surface area contributed by atoms with E-state index in [0.717, 1.165) is 11.1 Å². The van der Waals surface area contributed by atoms with Crippen molar-refractivity contribution in [3.05, 3.63) is 106 Å². The Kier molecular flexibility index (Phi) is 37.2. The van der Waals surface area contributed by atoms with Crippen LogP contribution >= 0.6 is 55.1 Å². The molecule has 0 radical (unpaired) electrons. The van der Waals surface area contributed by atoms with Gasteiger partial charge in [0.2, 0.25) is 11.8 Å². The van der Waals surface area contributed by atoms with E-state index in [1.165, 1.54) is 36.9 Å². The van der Waals surface area contributed by atoms with Gasteiger partial charge in [-0.2, -0.15) is 0 Å². The van der Waals surface area contributed by atoms with Crippen molar-refractivity contribution in [2.45, 2.75) is 188 Å². The normalized spacial score (nSPS) is 16.3. The van der Waals surface area contributed by atoms with Gasteiger partial charge in [-0.3, -0.25) is 29.4 Å². The number of carbonyl (C=O) groups excluding carboxylic acids is 9. The Bertz CT molecular complexity index is 3540. The van der Waals surface area contributed by atoms with E-state index in [4.69, 9.17) is 52.0 Å². The highest BCUT2D eigenvalue weighted by Crippen LogP contribution is 2.26. The van der Waals surface area contributed by atoms with Gasteiger partial charge >= 0.3 is 36.2 Å². The first-order chi connectivity index (χ1) is 49.1. The van der Waals surface area contributed by atoms with Crippen molar-refractivity contribution >= 4 is 109 Å². The topological polar surface area (TPSA) is 419 Å². The van der Waals surface area contributed by atoms with Crippen LogP contribution in [0.15, 0.2) is 79.4 Å². The van der Waals surface area contributed by atoms with E-state index in [0.29, 0.717) is 116 Å². The molecule has 34 nitrogen and oxygen atoms in total. The highest BCUT2D eigenvalue weighted by molar-refractivity contribution is 9.09. The lowest BCUT2D eigenvalue weighted by Gasteiger charge is -2.26. The quantitative estimate of drug-likeness (QED) is 0.0157. The summed E-state index contributed by atoms with van der Waals surface area (Å²) in [6.45, 7) is 23.8. The largest absolute Gasteiger partial charge is 0.465 e. The van der Waals surface area contributed by atoms with E-state index in [9.17, 15) is 48.3 Å². The second-order valence-corrected chi connectivity index (χ2v) is 28.2. The molecule has 3 aliphatic heterocycles. The number of hydrazine groups is 3. The summed E-state index contributed by atoms with van der Waals surface area (Å²) in [5.74, 6) is -2.27. The monoisotopic (exact) mass is 1630 g/mol. The van der Waals surface area contributed by atoms with Crippen LogP contribution in [0.4, 0.5) is 14.4 Å². The summed E-state index contributed by atoms with van der Waals surface area (Å²) in [5, 5.41) is 52.3. The Morgan fingerprint density at radius 2 is 1.09 bits per heavy atom. The van der Waals surface area contributed by atoms with Crippen LogP contribution in [0.3, 0.4) is 0 Å². The van der Waals surface area contributed by atoms with Crippen LogP contribution in [0.2, 0.25) is 10.0 Å². The maximum Gasteiger partial charge on any atom is 0.424 e. The average Bonchev–Trinajstić information content (AvgIpc) is 1.58. The molecule has 0 aliphatic carbocycles. The number of esters is 3. The highest BCUT2D eigenvalue weighted by atomic mass is 79.9. The molecule has 8 rings (SSSR count). The molecule has 3 aromatic carbocycles. The van der Waals surface area contributed by atoms with Gasteiger partial charge < -0.3 is 54.2 Å². The molecule has 0 saturated carbocycles. The van der Waals surface area contributed by atoms with E-state index in [1.54, 1.807) is 144 Å². The molecule has 574 valence electrons. The third-order valence-electron chi connectivity index (χ3n) is 14.0. The summed E-state index contributed by atoms with van der Waals surface area (Å²) in [6, 6.07) is 16.9. The Balaban J connectivity index is 0.000000289. The van der Waals surface area contributed by atoms with E-state index in [-0.39, 0.29) is 30.9 Å². The van der Waals surface area contributed by atoms with Crippen molar-refractivity contribution in [3.8, 4) is 11.4 Å². The fraction of sp³-hybridized carbons (Fsp3) is 0.561.